The maximum atomic E-state index is 12.9. The summed E-state index contributed by atoms with van der Waals surface area (Å²) in [5.74, 6) is 0.410. The zero-order chi connectivity index (χ0) is 19.7. The van der Waals surface area contributed by atoms with Crippen LogP contribution in [0.2, 0.25) is 0 Å². The Morgan fingerprint density at radius 3 is 2.18 bits per heavy atom. The summed E-state index contributed by atoms with van der Waals surface area (Å²) in [7, 11) is -3.93. The average molecular weight is 390 g/mol. The zero-order valence-electron chi connectivity index (χ0n) is 15.4. The summed E-state index contributed by atoms with van der Waals surface area (Å²) >= 11 is 0. The number of hydrogen-bond acceptors (Lipinski definition) is 4. The largest absolute Gasteiger partial charge is 0.425 e. The molecular weight excluding hydrogens is 372 g/mol. The molecule has 28 heavy (non-hydrogen) atoms. The maximum absolute atomic E-state index is 12.9. The SMILES string of the molecule is Cc1ccc(S(=O)(=O)[N-]c2nc3ccccc3nc2-[n+]2cccc(C)c2)cc1. The molecule has 2 aromatic heterocycles. The molecule has 0 unspecified atom stereocenters. The van der Waals surface area contributed by atoms with Crippen LogP contribution in [-0.2, 0) is 10.0 Å². The first-order chi connectivity index (χ1) is 13.4. The lowest BCUT2D eigenvalue weighted by Crippen LogP contribution is -2.32. The van der Waals surface area contributed by atoms with Gasteiger partial charge in [0.05, 0.1) is 17.3 Å². The summed E-state index contributed by atoms with van der Waals surface area (Å²) in [6.45, 7) is 3.85. The first-order valence-electron chi connectivity index (χ1n) is 8.72. The smallest absolute Gasteiger partial charge is 0.327 e. The number of aromatic nitrogens is 3. The molecule has 0 N–H and O–H groups in total. The van der Waals surface area contributed by atoms with E-state index in [9.17, 15) is 8.42 Å². The fourth-order valence-electron chi connectivity index (χ4n) is 2.82. The monoisotopic (exact) mass is 390 g/mol. The van der Waals surface area contributed by atoms with Crippen molar-refractivity contribution in [2.75, 3.05) is 0 Å². The van der Waals surface area contributed by atoms with Crippen molar-refractivity contribution in [3.05, 3.63) is 88.9 Å². The molecule has 0 aliphatic carbocycles. The van der Waals surface area contributed by atoms with Crippen molar-refractivity contribution in [1.82, 2.24) is 9.97 Å². The Labute approximate surface area is 163 Å². The molecule has 0 atom stereocenters. The van der Waals surface area contributed by atoms with Crippen LogP contribution in [0.3, 0.4) is 0 Å². The first-order valence-corrected chi connectivity index (χ1v) is 10.2. The van der Waals surface area contributed by atoms with Crippen molar-refractivity contribution in [3.8, 4) is 5.82 Å². The van der Waals surface area contributed by atoms with Gasteiger partial charge in [-0.1, -0.05) is 42.0 Å². The topological polar surface area (TPSA) is 77.9 Å². The molecule has 140 valence electrons. The Hall–Kier alpha value is -3.32. The summed E-state index contributed by atoms with van der Waals surface area (Å²) in [6.07, 6.45) is 3.65. The van der Waals surface area contributed by atoms with Crippen LogP contribution in [0.1, 0.15) is 11.1 Å². The molecule has 4 aromatic rings. The fraction of sp³-hybridized carbons (Fsp3) is 0.0952. The molecule has 0 spiro atoms. The maximum Gasteiger partial charge on any atom is 0.327 e. The van der Waals surface area contributed by atoms with Crippen LogP contribution in [0.5, 0.6) is 0 Å². The lowest BCUT2D eigenvalue weighted by Gasteiger charge is -2.16. The lowest BCUT2D eigenvalue weighted by molar-refractivity contribution is -0.599. The molecule has 0 saturated heterocycles. The normalized spacial score (nSPS) is 11.5. The number of fused-ring (bicyclic) bond motifs is 1. The van der Waals surface area contributed by atoms with E-state index in [0.717, 1.165) is 11.1 Å². The third kappa shape index (κ3) is 3.57. The summed E-state index contributed by atoms with van der Waals surface area (Å²) < 4.78 is 31.5. The minimum Gasteiger partial charge on any atom is -0.425 e. The fourth-order valence-corrected chi connectivity index (χ4v) is 3.75. The summed E-state index contributed by atoms with van der Waals surface area (Å²) in [5.41, 5.74) is 3.22. The van der Waals surface area contributed by atoms with Crippen LogP contribution in [0.15, 0.2) is 78.0 Å². The van der Waals surface area contributed by atoms with Crippen molar-refractivity contribution in [2.24, 2.45) is 0 Å². The molecule has 0 aliphatic heterocycles. The molecule has 0 saturated carbocycles. The Bertz CT molecular complexity index is 1270. The predicted molar refractivity (Wildman–Crippen MR) is 107 cm³/mol. The minimum atomic E-state index is -3.93. The second kappa shape index (κ2) is 7.01. The number of aryl methyl sites for hydroxylation is 2. The molecular formula is C21H18N4O2S. The van der Waals surface area contributed by atoms with Gasteiger partial charge in [0.15, 0.2) is 5.52 Å². The Balaban J connectivity index is 1.87. The van der Waals surface area contributed by atoms with Crippen LogP contribution in [0, 0.1) is 13.8 Å². The van der Waals surface area contributed by atoms with Crippen molar-refractivity contribution in [3.63, 3.8) is 0 Å². The Kier molecular flexibility index (Phi) is 4.52. The van der Waals surface area contributed by atoms with Gasteiger partial charge in [-0.05, 0) is 48.7 Å². The molecule has 6 nitrogen and oxygen atoms in total. The molecule has 0 fully saturated rings. The summed E-state index contributed by atoms with van der Waals surface area (Å²) in [4.78, 5) is 9.22. The second-order valence-corrected chi connectivity index (χ2v) is 8.13. The van der Waals surface area contributed by atoms with E-state index in [1.54, 1.807) is 41.1 Å². The predicted octanol–water partition coefficient (Wildman–Crippen LogP) is 3.92. The van der Waals surface area contributed by atoms with E-state index in [2.05, 4.69) is 14.7 Å². The Morgan fingerprint density at radius 2 is 1.50 bits per heavy atom. The Morgan fingerprint density at radius 1 is 0.821 bits per heavy atom. The van der Waals surface area contributed by atoms with Crippen LogP contribution in [-0.4, -0.2) is 18.4 Å². The van der Waals surface area contributed by atoms with E-state index in [4.69, 9.17) is 0 Å². The lowest BCUT2D eigenvalue weighted by atomic mass is 10.2. The van der Waals surface area contributed by atoms with Crippen LogP contribution in [0.25, 0.3) is 21.6 Å². The highest BCUT2D eigenvalue weighted by Crippen LogP contribution is 2.30. The van der Waals surface area contributed by atoms with Gasteiger partial charge in [-0.25, -0.2) is 13.0 Å². The molecule has 0 radical (unpaired) electrons. The average Bonchev–Trinajstić information content (AvgIpc) is 2.67. The van der Waals surface area contributed by atoms with E-state index >= 15 is 0 Å². The van der Waals surface area contributed by atoms with E-state index in [1.165, 1.54) is 0 Å². The van der Waals surface area contributed by atoms with E-state index in [-0.39, 0.29) is 10.7 Å². The van der Waals surface area contributed by atoms with Gasteiger partial charge in [0.25, 0.3) is 0 Å². The van der Waals surface area contributed by atoms with Gasteiger partial charge in [0, 0.05) is 11.3 Å². The molecule has 0 amide bonds. The molecule has 0 bridgehead atoms. The first kappa shape index (κ1) is 18.1. The third-order valence-corrected chi connectivity index (χ3v) is 5.53. The van der Waals surface area contributed by atoms with E-state index in [0.29, 0.717) is 16.9 Å². The number of para-hydroxylation sites is 2. The van der Waals surface area contributed by atoms with Gasteiger partial charge < -0.3 is 9.71 Å². The van der Waals surface area contributed by atoms with Crippen LogP contribution < -0.4 is 4.57 Å². The minimum absolute atomic E-state index is 0.0508. The van der Waals surface area contributed by atoms with Crippen LogP contribution in [0.4, 0.5) is 5.82 Å². The van der Waals surface area contributed by atoms with Gasteiger partial charge in [-0.2, -0.15) is 0 Å². The number of benzene rings is 2. The van der Waals surface area contributed by atoms with Crippen molar-refractivity contribution >= 4 is 26.9 Å². The molecule has 2 aromatic carbocycles. The van der Waals surface area contributed by atoms with Crippen molar-refractivity contribution in [1.29, 1.82) is 0 Å². The van der Waals surface area contributed by atoms with E-state index < -0.39 is 10.0 Å². The number of hydrogen-bond donors (Lipinski definition) is 0. The quantitative estimate of drug-likeness (QED) is 0.495. The van der Waals surface area contributed by atoms with Gasteiger partial charge in [0.1, 0.15) is 0 Å². The highest BCUT2D eigenvalue weighted by atomic mass is 32.2. The number of pyridine rings is 1. The summed E-state index contributed by atoms with van der Waals surface area (Å²) in [5, 5.41) is 0. The summed E-state index contributed by atoms with van der Waals surface area (Å²) in [6, 6.07) is 17.7. The van der Waals surface area contributed by atoms with Gasteiger partial charge in [0.2, 0.25) is 10.0 Å². The van der Waals surface area contributed by atoms with Gasteiger partial charge >= 0.3 is 5.82 Å². The number of nitrogens with zero attached hydrogens (tertiary/aromatic N) is 4. The molecule has 0 aliphatic rings. The molecule has 7 heteroatoms. The molecule has 4 rings (SSSR count). The highest BCUT2D eigenvalue weighted by molar-refractivity contribution is 7.94. The zero-order valence-corrected chi connectivity index (χ0v) is 16.3. The van der Waals surface area contributed by atoms with Crippen LogP contribution >= 0.6 is 0 Å². The molecule has 2 heterocycles. The van der Waals surface area contributed by atoms with Gasteiger partial charge in [-0.15, -0.1) is 0 Å². The van der Waals surface area contributed by atoms with Crippen molar-refractivity contribution in [2.45, 2.75) is 18.7 Å². The standard InChI is InChI=1S/C21H18N4O2S/c1-15-9-11-17(12-10-15)28(26,27)24-20-21(25-13-5-6-16(2)14-25)23-19-8-4-3-7-18(19)22-20/h3-14H,1-2H3. The van der Waals surface area contributed by atoms with E-state index in [1.807, 2.05) is 50.4 Å². The van der Waals surface area contributed by atoms with Gasteiger partial charge in [-0.3, -0.25) is 0 Å². The number of sulfonamides is 1. The number of rotatable bonds is 4. The third-order valence-electron chi connectivity index (χ3n) is 4.25. The van der Waals surface area contributed by atoms with Crippen molar-refractivity contribution < 1.29 is 13.0 Å². The highest BCUT2D eigenvalue weighted by Gasteiger charge is 2.18. The second-order valence-electron chi connectivity index (χ2n) is 6.53.